The van der Waals surface area contributed by atoms with Crippen LogP contribution in [-0.4, -0.2) is 30.7 Å². The molecule has 0 spiro atoms. The largest absolute Gasteiger partial charge is 1.00 e. The molecule has 0 fully saturated rings. The zero-order valence-corrected chi connectivity index (χ0v) is 10.2. The number of hydrogen-bond acceptors (Lipinski definition) is 0. The van der Waals surface area contributed by atoms with E-state index in [2.05, 4.69) is 0 Å². The van der Waals surface area contributed by atoms with Gasteiger partial charge in [0.15, 0.2) is 0 Å². The Morgan fingerprint density at radius 2 is 1.14 bits per heavy atom. The van der Waals surface area contributed by atoms with Gasteiger partial charge in [0.2, 0.25) is 0 Å². The van der Waals surface area contributed by atoms with Gasteiger partial charge in [-0.05, 0) is 19.3 Å². The summed E-state index contributed by atoms with van der Waals surface area (Å²) in [6, 6.07) is 0. The van der Waals surface area contributed by atoms with Gasteiger partial charge in [0.05, 0.1) is 19.6 Å². The molecule has 0 aromatic heterocycles. The van der Waals surface area contributed by atoms with Crippen molar-refractivity contribution in [3.05, 3.63) is 0 Å². The Hall–Kier alpha value is 0.110. The van der Waals surface area contributed by atoms with Gasteiger partial charge in [-0.3, -0.25) is 4.48 Å². The van der Waals surface area contributed by atoms with Gasteiger partial charge in [-0.15, -0.1) is 0 Å². The van der Waals surface area contributed by atoms with Crippen molar-refractivity contribution in [3.63, 3.8) is 0 Å². The second kappa shape index (κ2) is 8.42. The third kappa shape index (κ3) is 4.56. The van der Waals surface area contributed by atoms with E-state index in [1.54, 1.807) is 0 Å². The molecule has 0 unspecified atom stereocenters. The molecule has 14 heavy (non-hydrogen) atoms. The summed E-state index contributed by atoms with van der Waals surface area (Å²) in [5.41, 5.74) is 0. The molecule has 0 radical (unpaired) electrons. The van der Waals surface area contributed by atoms with Crippen molar-refractivity contribution in [3.8, 4) is 0 Å². The third-order valence-corrected chi connectivity index (χ3v) is 2.42. The normalized spacial score (nSPS) is 11.6. The van der Waals surface area contributed by atoms with Crippen molar-refractivity contribution in [1.82, 2.24) is 0 Å². The van der Waals surface area contributed by atoms with Gasteiger partial charge < -0.3 is 12.4 Å². The van der Waals surface area contributed by atoms with Crippen molar-refractivity contribution in [2.24, 2.45) is 0 Å². The summed E-state index contributed by atoms with van der Waals surface area (Å²) in [6.07, 6.45) is 2.51. The average Bonchev–Trinajstić information content (AvgIpc) is 2.05. The molecule has 0 saturated heterocycles. The predicted octanol–water partition coefficient (Wildman–Crippen LogP) is 0.260. The SMILES string of the molecule is CCC[N+](CCC)(CCC)C(F)F.[Cl-]. The van der Waals surface area contributed by atoms with Gasteiger partial charge in [0.1, 0.15) is 0 Å². The van der Waals surface area contributed by atoms with Gasteiger partial charge in [0.25, 0.3) is 0 Å². The first-order chi connectivity index (χ1) is 6.13. The lowest BCUT2D eigenvalue weighted by atomic mass is 10.2. The second-order valence-corrected chi connectivity index (χ2v) is 3.67. The molecule has 0 aromatic carbocycles. The van der Waals surface area contributed by atoms with Gasteiger partial charge in [0, 0.05) is 0 Å². The van der Waals surface area contributed by atoms with E-state index in [0.717, 1.165) is 19.3 Å². The number of rotatable bonds is 7. The van der Waals surface area contributed by atoms with Gasteiger partial charge in [-0.1, -0.05) is 20.8 Å². The molecule has 0 aromatic rings. The Morgan fingerprint density at radius 1 is 0.857 bits per heavy atom. The van der Waals surface area contributed by atoms with E-state index in [4.69, 9.17) is 0 Å². The molecule has 0 rings (SSSR count). The van der Waals surface area contributed by atoms with Crippen molar-refractivity contribution >= 4 is 0 Å². The van der Waals surface area contributed by atoms with Crippen molar-refractivity contribution < 1.29 is 25.7 Å². The summed E-state index contributed by atoms with van der Waals surface area (Å²) in [5.74, 6) is 0. The van der Waals surface area contributed by atoms with Crippen LogP contribution in [0.15, 0.2) is 0 Å². The molecule has 4 heteroatoms. The highest BCUT2D eigenvalue weighted by atomic mass is 35.5. The Labute approximate surface area is 92.5 Å². The lowest BCUT2D eigenvalue weighted by Gasteiger charge is -2.36. The topological polar surface area (TPSA) is 0 Å². The predicted molar refractivity (Wildman–Crippen MR) is 51.7 cm³/mol. The van der Waals surface area contributed by atoms with E-state index in [1.807, 2.05) is 20.8 Å². The molecule has 0 atom stereocenters. The van der Waals surface area contributed by atoms with Crippen LogP contribution in [0.1, 0.15) is 40.0 Å². The van der Waals surface area contributed by atoms with Gasteiger partial charge in [-0.25, -0.2) is 0 Å². The van der Waals surface area contributed by atoms with Crippen LogP contribution in [0.2, 0.25) is 0 Å². The standard InChI is InChI=1S/C10H22F2N.ClH/c1-4-7-13(8-5-2,9-6-3)10(11)12;/h10H,4-9H2,1-3H3;1H/q+1;/p-1. The van der Waals surface area contributed by atoms with Crippen LogP contribution in [0.3, 0.4) is 0 Å². The lowest BCUT2D eigenvalue weighted by molar-refractivity contribution is -0.979. The summed E-state index contributed by atoms with van der Waals surface area (Å²) in [7, 11) is 0. The highest BCUT2D eigenvalue weighted by molar-refractivity contribution is 4.42. The van der Waals surface area contributed by atoms with E-state index in [-0.39, 0.29) is 16.9 Å². The summed E-state index contributed by atoms with van der Waals surface area (Å²) >= 11 is 0. The molecule has 0 amide bonds. The first kappa shape index (κ1) is 16.5. The van der Waals surface area contributed by atoms with E-state index < -0.39 is 6.55 Å². The maximum Gasteiger partial charge on any atom is 0.380 e. The molecule has 0 aliphatic heterocycles. The minimum absolute atomic E-state index is 0. The monoisotopic (exact) mass is 229 g/mol. The minimum Gasteiger partial charge on any atom is -1.00 e. The number of quaternary nitrogens is 1. The van der Waals surface area contributed by atoms with E-state index >= 15 is 0 Å². The fourth-order valence-electron chi connectivity index (χ4n) is 1.96. The van der Waals surface area contributed by atoms with Crippen LogP contribution in [0.4, 0.5) is 8.78 Å². The van der Waals surface area contributed by atoms with Crippen LogP contribution >= 0.6 is 0 Å². The summed E-state index contributed by atoms with van der Waals surface area (Å²) < 4.78 is 25.8. The lowest BCUT2D eigenvalue weighted by Crippen LogP contribution is -3.00. The molecule has 0 N–H and O–H groups in total. The Morgan fingerprint density at radius 3 is 1.29 bits per heavy atom. The van der Waals surface area contributed by atoms with Crippen LogP contribution in [0.5, 0.6) is 0 Å². The molecular formula is C10H22ClF2N. The maximum atomic E-state index is 12.9. The fraction of sp³-hybridized carbons (Fsp3) is 1.00. The third-order valence-electron chi connectivity index (χ3n) is 2.42. The molecule has 0 bridgehead atoms. The second-order valence-electron chi connectivity index (χ2n) is 3.67. The number of hydrogen-bond donors (Lipinski definition) is 0. The van der Waals surface area contributed by atoms with Crippen LogP contribution in [-0.2, 0) is 0 Å². The van der Waals surface area contributed by atoms with Crippen molar-refractivity contribution in [1.29, 1.82) is 0 Å². The summed E-state index contributed by atoms with van der Waals surface area (Å²) in [4.78, 5) is 0. The minimum atomic E-state index is -2.21. The first-order valence-corrected chi connectivity index (χ1v) is 5.26. The molecule has 0 aliphatic rings. The van der Waals surface area contributed by atoms with Crippen molar-refractivity contribution in [2.45, 2.75) is 46.6 Å². The summed E-state index contributed by atoms with van der Waals surface area (Å²) in [6.45, 7) is 5.54. The number of halogens is 3. The maximum absolute atomic E-state index is 12.9. The van der Waals surface area contributed by atoms with Crippen LogP contribution < -0.4 is 12.4 Å². The zero-order chi connectivity index (χ0) is 10.3. The molecule has 88 valence electrons. The molecule has 0 aliphatic carbocycles. The average molecular weight is 230 g/mol. The molecule has 0 saturated carbocycles. The summed E-state index contributed by atoms with van der Waals surface area (Å²) in [5, 5.41) is 0. The number of alkyl halides is 2. The Bertz CT molecular complexity index is 114. The smallest absolute Gasteiger partial charge is 0.380 e. The molecular weight excluding hydrogens is 208 g/mol. The molecule has 0 heterocycles. The van der Waals surface area contributed by atoms with Crippen molar-refractivity contribution in [2.75, 3.05) is 19.6 Å². The molecule has 1 nitrogen and oxygen atoms in total. The Kier molecular flexibility index (Phi) is 9.95. The van der Waals surface area contributed by atoms with Crippen LogP contribution in [0.25, 0.3) is 0 Å². The van der Waals surface area contributed by atoms with E-state index in [1.165, 1.54) is 0 Å². The van der Waals surface area contributed by atoms with Crippen LogP contribution in [0, 0.1) is 0 Å². The highest BCUT2D eigenvalue weighted by Crippen LogP contribution is 2.19. The van der Waals surface area contributed by atoms with E-state index in [9.17, 15) is 8.78 Å². The highest BCUT2D eigenvalue weighted by Gasteiger charge is 2.34. The van der Waals surface area contributed by atoms with Gasteiger partial charge >= 0.3 is 6.55 Å². The fourth-order valence-corrected chi connectivity index (χ4v) is 1.96. The Balaban J connectivity index is 0. The van der Waals surface area contributed by atoms with E-state index in [0.29, 0.717) is 19.6 Å². The number of nitrogens with zero attached hydrogens (tertiary/aromatic N) is 1. The quantitative estimate of drug-likeness (QED) is 0.434. The van der Waals surface area contributed by atoms with Gasteiger partial charge in [-0.2, -0.15) is 8.78 Å². The first-order valence-electron chi connectivity index (χ1n) is 5.26. The zero-order valence-electron chi connectivity index (χ0n) is 9.40.